The monoisotopic (exact) mass is 375 g/mol. The molecule has 2 nitrogen and oxygen atoms in total. The Morgan fingerprint density at radius 2 is 1.46 bits per heavy atom. The lowest BCUT2D eigenvalue weighted by Crippen LogP contribution is -2.24. The van der Waals surface area contributed by atoms with Crippen molar-refractivity contribution >= 4 is 12.4 Å². The molecule has 0 aliphatic carbocycles. The Kier molecular flexibility index (Phi) is 8.66. The highest BCUT2D eigenvalue weighted by Crippen LogP contribution is 2.36. The van der Waals surface area contributed by atoms with Crippen LogP contribution in [0.1, 0.15) is 52.2 Å². The highest BCUT2D eigenvalue weighted by atomic mass is 35.5. The number of benzene rings is 2. The molecule has 2 aromatic carbocycles. The number of hydrogen-bond donors (Lipinski definition) is 1. The Labute approximate surface area is 165 Å². The molecular formula is C23H34ClNO. The summed E-state index contributed by atoms with van der Waals surface area (Å²) in [5, 5.41) is 3.41. The van der Waals surface area contributed by atoms with Gasteiger partial charge in [-0.25, -0.2) is 0 Å². The maximum Gasteiger partial charge on any atom is 0.119 e. The smallest absolute Gasteiger partial charge is 0.119 e. The van der Waals surface area contributed by atoms with Crippen molar-refractivity contribution in [1.82, 2.24) is 5.32 Å². The number of halogens is 1. The molecule has 2 rings (SSSR count). The lowest BCUT2D eigenvalue weighted by atomic mass is 9.72. The van der Waals surface area contributed by atoms with Crippen LogP contribution in [0.4, 0.5) is 0 Å². The van der Waals surface area contributed by atoms with Gasteiger partial charge in [-0.1, -0.05) is 77.1 Å². The van der Waals surface area contributed by atoms with Gasteiger partial charge in [0.25, 0.3) is 0 Å². The van der Waals surface area contributed by atoms with E-state index in [0.29, 0.717) is 12.0 Å². The Bertz CT molecular complexity index is 630. The first-order valence-corrected chi connectivity index (χ1v) is 9.24. The Morgan fingerprint density at radius 1 is 0.846 bits per heavy atom. The first kappa shape index (κ1) is 22.5. The van der Waals surface area contributed by atoms with Gasteiger partial charge < -0.3 is 10.1 Å². The van der Waals surface area contributed by atoms with Crippen LogP contribution >= 0.6 is 12.4 Å². The Hall–Kier alpha value is -1.51. The molecule has 0 aliphatic heterocycles. The van der Waals surface area contributed by atoms with Gasteiger partial charge in [0.2, 0.25) is 0 Å². The third kappa shape index (κ3) is 7.80. The van der Waals surface area contributed by atoms with Crippen LogP contribution < -0.4 is 10.1 Å². The summed E-state index contributed by atoms with van der Waals surface area (Å²) in [6.45, 7) is 13.9. The third-order valence-electron chi connectivity index (χ3n) is 4.33. The van der Waals surface area contributed by atoms with Crippen molar-refractivity contribution in [3.05, 3.63) is 65.7 Å². The molecule has 0 spiro atoms. The summed E-state index contributed by atoms with van der Waals surface area (Å²) in [6, 6.07) is 19.0. The van der Waals surface area contributed by atoms with Gasteiger partial charge in [-0.3, -0.25) is 0 Å². The van der Waals surface area contributed by atoms with E-state index < -0.39 is 0 Å². The maximum absolute atomic E-state index is 5.85. The van der Waals surface area contributed by atoms with E-state index in [1.807, 2.05) is 6.07 Å². The molecule has 3 heteroatoms. The summed E-state index contributed by atoms with van der Waals surface area (Å²) in [7, 11) is 0. The number of rotatable bonds is 8. The minimum atomic E-state index is 0. The minimum absolute atomic E-state index is 0. The van der Waals surface area contributed by atoms with Gasteiger partial charge in [0.1, 0.15) is 12.4 Å². The fraction of sp³-hybridized carbons (Fsp3) is 0.478. The van der Waals surface area contributed by atoms with Gasteiger partial charge in [-0.15, -0.1) is 12.4 Å². The molecule has 0 heterocycles. The molecule has 144 valence electrons. The number of ether oxygens (including phenoxy) is 1. The molecular weight excluding hydrogens is 342 g/mol. The number of hydrogen-bond acceptors (Lipinski definition) is 2. The molecule has 0 saturated heterocycles. The van der Waals surface area contributed by atoms with Gasteiger partial charge in [0.15, 0.2) is 0 Å². The maximum atomic E-state index is 5.85. The standard InChI is InChI=1S/C23H33NO.ClH/c1-22(2,3)18-23(4,5)20-11-13-21(14-12-20)25-16-15-24-17-19-9-7-6-8-10-19;/h6-14,24H,15-18H2,1-5H3;1H. The summed E-state index contributed by atoms with van der Waals surface area (Å²) in [5.41, 5.74) is 3.17. The highest BCUT2D eigenvalue weighted by Gasteiger charge is 2.27. The molecule has 0 unspecified atom stereocenters. The second-order valence-corrected chi connectivity index (χ2v) is 8.66. The lowest BCUT2D eigenvalue weighted by Gasteiger charge is -2.33. The zero-order valence-electron chi connectivity index (χ0n) is 16.8. The first-order valence-electron chi connectivity index (χ1n) is 9.24. The predicted molar refractivity (Wildman–Crippen MR) is 114 cm³/mol. The number of nitrogens with one attached hydrogen (secondary N) is 1. The average molecular weight is 376 g/mol. The van der Waals surface area contributed by atoms with E-state index in [1.165, 1.54) is 11.1 Å². The SMILES string of the molecule is CC(C)(C)CC(C)(C)c1ccc(OCCNCc2ccccc2)cc1.Cl. The van der Waals surface area contributed by atoms with E-state index in [2.05, 4.69) is 88.5 Å². The van der Waals surface area contributed by atoms with Gasteiger partial charge in [-0.05, 0) is 40.5 Å². The van der Waals surface area contributed by atoms with Crippen LogP contribution in [0.5, 0.6) is 5.75 Å². The van der Waals surface area contributed by atoms with E-state index in [-0.39, 0.29) is 17.8 Å². The van der Waals surface area contributed by atoms with Crippen molar-refractivity contribution < 1.29 is 4.74 Å². The van der Waals surface area contributed by atoms with Gasteiger partial charge in [-0.2, -0.15) is 0 Å². The molecule has 0 fully saturated rings. The van der Waals surface area contributed by atoms with Gasteiger partial charge >= 0.3 is 0 Å². The largest absolute Gasteiger partial charge is 0.492 e. The molecule has 0 atom stereocenters. The van der Waals surface area contributed by atoms with Crippen molar-refractivity contribution in [2.45, 2.75) is 53.0 Å². The van der Waals surface area contributed by atoms with Crippen molar-refractivity contribution in [3.63, 3.8) is 0 Å². The minimum Gasteiger partial charge on any atom is -0.492 e. The molecule has 0 aliphatic rings. The van der Waals surface area contributed by atoms with E-state index in [4.69, 9.17) is 4.74 Å². The van der Waals surface area contributed by atoms with Crippen LogP contribution in [0, 0.1) is 5.41 Å². The quantitative estimate of drug-likeness (QED) is 0.572. The Balaban J connectivity index is 0.00000338. The second kappa shape index (κ2) is 9.99. The van der Waals surface area contributed by atoms with Crippen LogP contribution in [0.15, 0.2) is 54.6 Å². The highest BCUT2D eigenvalue weighted by molar-refractivity contribution is 5.85. The average Bonchev–Trinajstić information content (AvgIpc) is 2.54. The van der Waals surface area contributed by atoms with E-state index in [1.54, 1.807) is 0 Å². The zero-order valence-corrected chi connectivity index (χ0v) is 17.7. The van der Waals surface area contributed by atoms with Crippen LogP contribution in [-0.4, -0.2) is 13.2 Å². The molecule has 0 aromatic heterocycles. The topological polar surface area (TPSA) is 21.3 Å². The first-order chi connectivity index (χ1) is 11.8. The summed E-state index contributed by atoms with van der Waals surface area (Å²) in [4.78, 5) is 0. The molecule has 2 aromatic rings. The lowest BCUT2D eigenvalue weighted by molar-refractivity contribution is 0.283. The fourth-order valence-electron chi connectivity index (χ4n) is 3.50. The molecule has 0 bridgehead atoms. The predicted octanol–water partition coefficient (Wildman–Crippen LogP) is 5.99. The van der Waals surface area contributed by atoms with Crippen LogP contribution in [0.2, 0.25) is 0 Å². The van der Waals surface area contributed by atoms with Crippen molar-refractivity contribution in [3.8, 4) is 5.75 Å². The van der Waals surface area contributed by atoms with E-state index in [9.17, 15) is 0 Å². The van der Waals surface area contributed by atoms with E-state index in [0.717, 1.165) is 25.3 Å². The van der Waals surface area contributed by atoms with Gasteiger partial charge in [0.05, 0.1) is 0 Å². The van der Waals surface area contributed by atoms with Crippen molar-refractivity contribution in [2.24, 2.45) is 5.41 Å². The van der Waals surface area contributed by atoms with Crippen LogP contribution in [-0.2, 0) is 12.0 Å². The van der Waals surface area contributed by atoms with Gasteiger partial charge in [0, 0.05) is 13.1 Å². The van der Waals surface area contributed by atoms with E-state index >= 15 is 0 Å². The summed E-state index contributed by atoms with van der Waals surface area (Å²) < 4.78 is 5.85. The van der Waals surface area contributed by atoms with Crippen molar-refractivity contribution in [2.75, 3.05) is 13.2 Å². The molecule has 1 N–H and O–H groups in total. The summed E-state index contributed by atoms with van der Waals surface area (Å²) >= 11 is 0. The summed E-state index contributed by atoms with van der Waals surface area (Å²) in [5.74, 6) is 0.941. The molecule has 0 amide bonds. The zero-order chi connectivity index (χ0) is 18.3. The normalized spacial score (nSPS) is 11.7. The summed E-state index contributed by atoms with van der Waals surface area (Å²) in [6.07, 6.45) is 1.16. The van der Waals surface area contributed by atoms with Crippen LogP contribution in [0.3, 0.4) is 0 Å². The molecule has 26 heavy (non-hydrogen) atoms. The third-order valence-corrected chi connectivity index (χ3v) is 4.33. The fourth-order valence-corrected chi connectivity index (χ4v) is 3.50. The molecule has 0 saturated carbocycles. The second-order valence-electron chi connectivity index (χ2n) is 8.66. The van der Waals surface area contributed by atoms with Crippen LogP contribution in [0.25, 0.3) is 0 Å². The molecule has 0 radical (unpaired) electrons. The Morgan fingerprint density at radius 3 is 2.04 bits per heavy atom. The van der Waals surface area contributed by atoms with Crippen molar-refractivity contribution in [1.29, 1.82) is 0 Å².